The van der Waals surface area contributed by atoms with Crippen molar-refractivity contribution in [2.45, 2.75) is 96.0 Å². The Kier molecular flexibility index (Phi) is 6.71. The van der Waals surface area contributed by atoms with Gasteiger partial charge in [0.15, 0.2) is 0 Å². The van der Waals surface area contributed by atoms with Crippen LogP contribution in [0.2, 0.25) is 5.02 Å². The molecule has 1 atom stereocenters. The van der Waals surface area contributed by atoms with E-state index in [-0.39, 0.29) is 0 Å². The van der Waals surface area contributed by atoms with Gasteiger partial charge in [-0.2, -0.15) is 0 Å². The second-order valence-electron chi connectivity index (χ2n) is 9.60. The lowest BCUT2D eigenvalue weighted by molar-refractivity contribution is 0.0818. The summed E-state index contributed by atoms with van der Waals surface area (Å²) < 4.78 is 6.50. The summed E-state index contributed by atoms with van der Waals surface area (Å²) in [7, 11) is 0. The van der Waals surface area contributed by atoms with E-state index in [4.69, 9.17) is 16.3 Å². The Morgan fingerprint density at radius 3 is 2.46 bits per heavy atom. The van der Waals surface area contributed by atoms with Crippen molar-refractivity contribution >= 4 is 11.6 Å². The summed E-state index contributed by atoms with van der Waals surface area (Å²) in [6.07, 6.45) is 18.0. The third-order valence-corrected chi connectivity index (χ3v) is 8.08. The van der Waals surface area contributed by atoms with Gasteiger partial charge in [0.2, 0.25) is 0 Å². The normalized spacial score (nSPS) is 33.0. The number of ether oxygens (including phenoxy) is 1. The molecule has 1 unspecified atom stereocenters. The molecule has 1 aliphatic heterocycles. The molecule has 0 amide bonds. The first-order chi connectivity index (χ1) is 13.7. The maximum atomic E-state index is 6.76. The second-order valence-corrected chi connectivity index (χ2v) is 10.0. The van der Waals surface area contributed by atoms with Crippen LogP contribution in [0.1, 0.15) is 94.6 Å². The van der Waals surface area contributed by atoms with Crippen LogP contribution >= 0.6 is 11.6 Å². The molecule has 0 bridgehead atoms. The summed E-state index contributed by atoms with van der Waals surface area (Å²) in [6.45, 7) is 6.29. The van der Waals surface area contributed by atoms with Crippen LogP contribution in [-0.4, -0.2) is 6.10 Å². The van der Waals surface area contributed by atoms with Gasteiger partial charge in [-0.25, -0.2) is 0 Å². The van der Waals surface area contributed by atoms with E-state index in [1.54, 1.807) is 0 Å². The highest BCUT2D eigenvalue weighted by atomic mass is 35.5. The van der Waals surface area contributed by atoms with Gasteiger partial charge in [0, 0.05) is 0 Å². The molecule has 0 radical (unpaired) electrons. The van der Waals surface area contributed by atoms with E-state index in [9.17, 15) is 0 Å². The van der Waals surface area contributed by atoms with E-state index in [1.165, 1.54) is 75.3 Å². The molecule has 2 heteroatoms. The van der Waals surface area contributed by atoms with Crippen molar-refractivity contribution < 1.29 is 4.74 Å². The lowest BCUT2D eigenvalue weighted by atomic mass is 9.76. The molecule has 0 N–H and O–H groups in total. The minimum Gasteiger partial charge on any atom is -0.488 e. The van der Waals surface area contributed by atoms with Crippen LogP contribution in [0.15, 0.2) is 24.8 Å². The number of rotatable bonds is 5. The van der Waals surface area contributed by atoms with E-state index in [1.807, 2.05) is 0 Å². The lowest BCUT2D eigenvalue weighted by Gasteiger charge is -2.37. The summed E-state index contributed by atoms with van der Waals surface area (Å²) in [5, 5.41) is 0.854. The monoisotopic (exact) mass is 400 g/mol. The number of halogens is 1. The molecule has 1 nitrogen and oxygen atoms in total. The molecule has 1 aromatic rings. The molecule has 0 aromatic heterocycles. The highest BCUT2D eigenvalue weighted by Gasteiger charge is 2.32. The maximum Gasteiger partial charge on any atom is 0.141 e. The Hall–Kier alpha value is -0.950. The molecule has 1 aromatic carbocycles. The number of aryl methyl sites for hydroxylation is 1. The molecule has 4 rings (SSSR count). The predicted molar refractivity (Wildman–Crippen MR) is 119 cm³/mol. The molecule has 0 saturated heterocycles. The van der Waals surface area contributed by atoms with Gasteiger partial charge in [0.05, 0.1) is 5.02 Å². The van der Waals surface area contributed by atoms with Crippen molar-refractivity contribution in [3.05, 3.63) is 40.9 Å². The predicted octanol–water partition coefficient (Wildman–Crippen LogP) is 8.10. The third kappa shape index (κ3) is 4.45. The molecule has 154 valence electrons. The van der Waals surface area contributed by atoms with Gasteiger partial charge in [-0.3, -0.25) is 0 Å². The van der Waals surface area contributed by atoms with Crippen molar-refractivity contribution in [3.63, 3.8) is 0 Å². The first-order valence-electron chi connectivity index (χ1n) is 11.8. The number of fused-ring (bicyclic) bond motifs is 1. The largest absolute Gasteiger partial charge is 0.488 e. The molecule has 2 aliphatic carbocycles. The topological polar surface area (TPSA) is 9.23 Å². The smallest absolute Gasteiger partial charge is 0.141 e. The van der Waals surface area contributed by atoms with Crippen molar-refractivity contribution in [2.24, 2.45) is 17.8 Å². The Balaban J connectivity index is 1.41. The van der Waals surface area contributed by atoms with Crippen LogP contribution in [0, 0.1) is 17.8 Å². The Morgan fingerprint density at radius 1 is 1.04 bits per heavy atom. The van der Waals surface area contributed by atoms with Crippen molar-refractivity contribution in [2.75, 3.05) is 0 Å². The fourth-order valence-corrected chi connectivity index (χ4v) is 6.30. The lowest BCUT2D eigenvalue weighted by Crippen LogP contribution is -2.33. The number of hydrogen-bond donors (Lipinski definition) is 0. The van der Waals surface area contributed by atoms with Crippen molar-refractivity contribution in [3.8, 4) is 5.75 Å². The van der Waals surface area contributed by atoms with E-state index in [0.717, 1.165) is 29.5 Å². The fourth-order valence-electron chi connectivity index (χ4n) is 6.01. The average Bonchev–Trinajstić information content (AvgIpc) is 2.74. The summed E-state index contributed by atoms with van der Waals surface area (Å²) in [5.41, 5.74) is 2.82. The highest BCUT2D eigenvalue weighted by Crippen LogP contribution is 2.44. The Bertz CT molecular complexity index is 665. The third-order valence-electron chi connectivity index (χ3n) is 7.80. The van der Waals surface area contributed by atoms with Gasteiger partial charge < -0.3 is 4.74 Å². The highest BCUT2D eigenvalue weighted by molar-refractivity contribution is 6.32. The SMILES string of the molecule is C=CC1CCC(C2CCc3cc(C4CCC(CCC)CC4)cc(Cl)c3O2)CC1. The number of allylic oxidation sites excluding steroid dienone is 1. The Labute approximate surface area is 176 Å². The van der Waals surface area contributed by atoms with Crippen molar-refractivity contribution in [1.82, 2.24) is 0 Å². The van der Waals surface area contributed by atoms with E-state index >= 15 is 0 Å². The first kappa shape index (κ1) is 20.3. The fraction of sp³-hybridized carbons (Fsp3) is 0.692. The maximum absolute atomic E-state index is 6.76. The summed E-state index contributed by atoms with van der Waals surface area (Å²) >= 11 is 6.76. The van der Waals surface area contributed by atoms with E-state index in [0.29, 0.717) is 23.9 Å². The van der Waals surface area contributed by atoms with Crippen molar-refractivity contribution in [1.29, 1.82) is 0 Å². The average molecular weight is 401 g/mol. The molecular formula is C26H37ClO. The standard InChI is InChI=1S/C26H37ClO/c1-3-5-19-8-10-20(11-9-19)23-16-22-14-15-25(28-26(22)24(27)17-23)21-12-6-18(4-2)7-13-21/h4,16-21,25H,2-3,5-15H2,1H3. The van der Waals surface area contributed by atoms with E-state index in [2.05, 4.69) is 31.7 Å². The van der Waals surface area contributed by atoms with Gasteiger partial charge in [0.1, 0.15) is 11.9 Å². The molecule has 2 fully saturated rings. The minimum atomic E-state index is 0.353. The zero-order chi connectivity index (χ0) is 19.5. The summed E-state index contributed by atoms with van der Waals surface area (Å²) in [4.78, 5) is 0. The quantitative estimate of drug-likeness (QED) is 0.453. The van der Waals surface area contributed by atoms with Crippen LogP contribution in [-0.2, 0) is 6.42 Å². The number of hydrogen-bond acceptors (Lipinski definition) is 1. The van der Waals surface area contributed by atoms with Crippen LogP contribution in [0.5, 0.6) is 5.75 Å². The van der Waals surface area contributed by atoms with Crippen LogP contribution < -0.4 is 4.74 Å². The van der Waals surface area contributed by atoms with Gasteiger partial charge in [0.25, 0.3) is 0 Å². The Morgan fingerprint density at radius 2 is 1.79 bits per heavy atom. The molecule has 0 spiro atoms. The molecule has 3 aliphatic rings. The van der Waals surface area contributed by atoms with Gasteiger partial charge >= 0.3 is 0 Å². The molecule has 1 heterocycles. The van der Waals surface area contributed by atoms with Gasteiger partial charge in [-0.15, -0.1) is 6.58 Å². The van der Waals surface area contributed by atoms with Gasteiger partial charge in [-0.1, -0.05) is 43.5 Å². The zero-order valence-corrected chi connectivity index (χ0v) is 18.4. The second kappa shape index (κ2) is 9.24. The number of benzene rings is 1. The van der Waals surface area contributed by atoms with Crippen LogP contribution in [0.4, 0.5) is 0 Å². The molecule has 28 heavy (non-hydrogen) atoms. The minimum absolute atomic E-state index is 0.353. The van der Waals surface area contributed by atoms with Crippen LogP contribution in [0.3, 0.4) is 0 Å². The van der Waals surface area contributed by atoms with E-state index < -0.39 is 0 Å². The molecule has 2 saturated carbocycles. The van der Waals surface area contributed by atoms with Gasteiger partial charge in [-0.05, 0) is 105 Å². The summed E-state index contributed by atoms with van der Waals surface area (Å²) in [6, 6.07) is 4.65. The summed E-state index contributed by atoms with van der Waals surface area (Å²) in [5.74, 6) is 4.05. The first-order valence-corrected chi connectivity index (χ1v) is 12.2. The molecular weight excluding hydrogens is 364 g/mol. The zero-order valence-electron chi connectivity index (χ0n) is 17.6. The van der Waals surface area contributed by atoms with Crippen LogP contribution in [0.25, 0.3) is 0 Å².